The molecule has 2 aliphatic carbocycles. The number of ether oxygens (including phenoxy) is 3. The molecule has 5 heteroatoms. The topological polar surface area (TPSA) is 65.0 Å². The van der Waals surface area contributed by atoms with Gasteiger partial charge in [-0.3, -0.25) is 0 Å². The predicted octanol–water partition coefficient (Wildman–Crippen LogP) is 0.933. The number of carbonyl (C=O) groups is 1. The summed E-state index contributed by atoms with van der Waals surface area (Å²) in [6.45, 7) is 5.20. The average Bonchev–Trinajstić information content (AvgIpc) is 2.86. The molecule has 1 saturated carbocycles. The monoisotopic (exact) mass is 302 g/mol. The summed E-state index contributed by atoms with van der Waals surface area (Å²) in [5, 5.41) is 11.2. The normalized spacial score (nSPS) is 41.2. The van der Waals surface area contributed by atoms with Crippen LogP contribution in [0.4, 0.5) is 0 Å². The van der Waals surface area contributed by atoms with Crippen molar-refractivity contribution in [3.05, 3.63) is 23.3 Å². The van der Waals surface area contributed by atoms with Crippen molar-refractivity contribution in [3.8, 4) is 11.8 Å². The van der Waals surface area contributed by atoms with E-state index in [-0.39, 0.29) is 18.5 Å². The molecule has 3 unspecified atom stereocenters. The molecule has 0 aromatic carbocycles. The van der Waals surface area contributed by atoms with Gasteiger partial charge in [0.05, 0.1) is 13.2 Å². The van der Waals surface area contributed by atoms with Crippen molar-refractivity contribution in [2.24, 2.45) is 11.3 Å². The SMILES string of the molecule is CC1=CC2(OCCO2)C2CC2(C)C1(O)C#CC1=CC(=O)OC1. The second-order valence-electron chi connectivity index (χ2n) is 6.66. The third-order valence-electron chi connectivity index (χ3n) is 5.34. The predicted molar refractivity (Wildman–Crippen MR) is 76.4 cm³/mol. The quantitative estimate of drug-likeness (QED) is 0.410. The van der Waals surface area contributed by atoms with E-state index >= 15 is 0 Å². The summed E-state index contributed by atoms with van der Waals surface area (Å²) in [4.78, 5) is 11.1. The van der Waals surface area contributed by atoms with Gasteiger partial charge in [-0.15, -0.1) is 0 Å². The van der Waals surface area contributed by atoms with Crippen molar-refractivity contribution in [3.63, 3.8) is 0 Å². The summed E-state index contributed by atoms with van der Waals surface area (Å²) in [6, 6.07) is 0. The van der Waals surface area contributed by atoms with Gasteiger partial charge < -0.3 is 19.3 Å². The van der Waals surface area contributed by atoms with Crippen LogP contribution in [0.3, 0.4) is 0 Å². The smallest absolute Gasteiger partial charge is 0.332 e. The van der Waals surface area contributed by atoms with Crippen LogP contribution in [-0.2, 0) is 19.0 Å². The Hall–Kier alpha value is -1.61. The number of carbonyl (C=O) groups excluding carboxylic acids is 1. The molecule has 2 aliphatic heterocycles. The van der Waals surface area contributed by atoms with E-state index in [9.17, 15) is 9.90 Å². The van der Waals surface area contributed by atoms with Crippen LogP contribution in [0.5, 0.6) is 0 Å². The fourth-order valence-electron chi connectivity index (χ4n) is 3.90. The van der Waals surface area contributed by atoms with Gasteiger partial charge in [0, 0.05) is 23.0 Å². The Bertz CT molecular complexity index is 673. The van der Waals surface area contributed by atoms with E-state index in [2.05, 4.69) is 11.8 Å². The first-order chi connectivity index (χ1) is 10.4. The van der Waals surface area contributed by atoms with Gasteiger partial charge in [0.1, 0.15) is 6.61 Å². The molecule has 4 aliphatic rings. The molecule has 5 nitrogen and oxygen atoms in total. The lowest BCUT2D eigenvalue weighted by atomic mass is 9.73. The van der Waals surface area contributed by atoms with Crippen LogP contribution in [0.1, 0.15) is 20.3 Å². The second-order valence-corrected chi connectivity index (χ2v) is 6.66. The minimum Gasteiger partial charge on any atom is -0.457 e. The maximum Gasteiger partial charge on any atom is 0.332 e. The molecule has 0 aromatic heterocycles. The maximum absolute atomic E-state index is 11.2. The average molecular weight is 302 g/mol. The van der Waals surface area contributed by atoms with Gasteiger partial charge in [0.15, 0.2) is 11.4 Å². The standard InChI is InChI=1S/C17H18O5/c1-11-8-17(21-5-6-22-17)13-9-15(13,2)16(11,19)4-3-12-7-14(18)20-10-12/h7-8,13,19H,5-6,9-10H2,1-2H3. The molecule has 2 heterocycles. The fourth-order valence-corrected chi connectivity index (χ4v) is 3.90. The molecule has 2 fully saturated rings. The van der Waals surface area contributed by atoms with Gasteiger partial charge in [0.2, 0.25) is 0 Å². The lowest BCUT2D eigenvalue weighted by Crippen LogP contribution is -2.48. The number of hydrogen-bond acceptors (Lipinski definition) is 5. The number of fused-ring (bicyclic) bond motifs is 2. The molecule has 0 bridgehead atoms. The summed E-state index contributed by atoms with van der Waals surface area (Å²) in [5.74, 6) is 4.90. The lowest BCUT2D eigenvalue weighted by Gasteiger charge is -2.40. The van der Waals surface area contributed by atoms with Gasteiger partial charge in [-0.2, -0.15) is 0 Å². The van der Waals surface area contributed by atoms with Crippen molar-refractivity contribution in [2.75, 3.05) is 19.8 Å². The first-order valence-electron chi connectivity index (χ1n) is 7.50. The zero-order chi connectivity index (χ0) is 15.6. The largest absolute Gasteiger partial charge is 0.457 e. The molecule has 1 saturated heterocycles. The first kappa shape index (κ1) is 14.0. The number of rotatable bonds is 0. The van der Waals surface area contributed by atoms with Gasteiger partial charge in [-0.1, -0.05) is 18.8 Å². The highest BCUT2D eigenvalue weighted by atomic mass is 16.7. The van der Waals surface area contributed by atoms with E-state index in [0.717, 1.165) is 12.0 Å². The van der Waals surface area contributed by atoms with E-state index in [0.29, 0.717) is 18.8 Å². The molecule has 1 N–H and O–H groups in total. The highest BCUT2D eigenvalue weighted by molar-refractivity contribution is 5.86. The van der Waals surface area contributed by atoms with Crippen LogP contribution in [0.2, 0.25) is 0 Å². The highest BCUT2D eigenvalue weighted by Gasteiger charge is 2.74. The minimum absolute atomic E-state index is 0.0981. The van der Waals surface area contributed by atoms with Crippen molar-refractivity contribution in [1.82, 2.24) is 0 Å². The van der Waals surface area contributed by atoms with Gasteiger partial charge in [-0.05, 0) is 25.0 Å². The number of esters is 1. The van der Waals surface area contributed by atoms with E-state index in [4.69, 9.17) is 14.2 Å². The van der Waals surface area contributed by atoms with Crippen LogP contribution < -0.4 is 0 Å². The lowest BCUT2D eigenvalue weighted by molar-refractivity contribution is -0.156. The number of aliphatic hydroxyl groups is 1. The molecule has 0 amide bonds. The second kappa shape index (κ2) is 4.23. The van der Waals surface area contributed by atoms with Crippen LogP contribution in [0.15, 0.2) is 23.3 Å². The third kappa shape index (κ3) is 1.69. The van der Waals surface area contributed by atoms with E-state index < -0.39 is 16.8 Å². The Morgan fingerprint density at radius 3 is 2.73 bits per heavy atom. The van der Waals surface area contributed by atoms with Crippen LogP contribution in [0, 0.1) is 23.2 Å². The van der Waals surface area contributed by atoms with E-state index in [1.807, 2.05) is 19.9 Å². The zero-order valence-corrected chi connectivity index (χ0v) is 12.6. The minimum atomic E-state index is -1.23. The summed E-state index contributed by atoms with van der Waals surface area (Å²) in [6.07, 6.45) is 4.04. The molecule has 1 spiro atoms. The van der Waals surface area contributed by atoms with Crippen LogP contribution >= 0.6 is 0 Å². The molecule has 4 rings (SSSR count). The number of hydrogen-bond donors (Lipinski definition) is 1. The van der Waals surface area contributed by atoms with Crippen molar-refractivity contribution < 1.29 is 24.1 Å². The van der Waals surface area contributed by atoms with Gasteiger partial charge in [0.25, 0.3) is 0 Å². The Labute approximate surface area is 128 Å². The first-order valence-corrected chi connectivity index (χ1v) is 7.50. The van der Waals surface area contributed by atoms with Crippen LogP contribution in [0.25, 0.3) is 0 Å². The number of cyclic esters (lactones) is 1. The van der Waals surface area contributed by atoms with E-state index in [1.54, 1.807) is 0 Å². The summed E-state index contributed by atoms with van der Waals surface area (Å²) in [7, 11) is 0. The summed E-state index contributed by atoms with van der Waals surface area (Å²) < 4.78 is 16.5. The molecular weight excluding hydrogens is 284 g/mol. The highest BCUT2D eigenvalue weighted by Crippen LogP contribution is 2.69. The van der Waals surface area contributed by atoms with Crippen molar-refractivity contribution in [1.29, 1.82) is 0 Å². The van der Waals surface area contributed by atoms with E-state index in [1.165, 1.54) is 6.08 Å². The maximum atomic E-state index is 11.2. The zero-order valence-electron chi connectivity index (χ0n) is 12.6. The molecule has 22 heavy (non-hydrogen) atoms. The molecule has 3 atom stereocenters. The molecule has 0 aromatic rings. The molecule has 0 radical (unpaired) electrons. The fraction of sp³-hybridized carbons (Fsp3) is 0.588. The Morgan fingerprint density at radius 1 is 1.36 bits per heavy atom. The Kier molecular flexibility index (Phi) is 2.69. The van der Waals surface area contributed by atoms with Gasteiger partial charge >= 0.3 is 5.97 Å². The molecule has 116 valence electrons. The van der Waals surface area contributed by atoms with Gasteiger partial charge in [-0.25, -0.2) is 4.79 Å². The molecular formula is C17H18O5. The van der Waals surface area contributed by atoms with Crippen molar-refractivity contribution in [2.45, 2.75) is 31.7 Å². The Balaban J connectivity index is 1.71. The van der Waals surface area contributed by atoms with Crippen LogP contribution in [-0.4, -0.2) is 42.3 Å². The summed E-state index contributed by atoms with van der Waals surface area (Å²) >= 11 is 0. The Morgan fingerprint density at radius 2 is 2.09 bits per heavy atom. The van der Waals surface area contributed by atoms with Crippen molar-refractivity contribution >= 4 is 5.97 Å². The third-order valence-corrected chi connectivity index (χ3v) is 5.34. The summed E-state index contributed by atoms with van der Waals surface area (Å²) in [5.41, 5.74) is -0.289.